The van der Waals surface area contributed by atoms with Crippen molar-refractivity contribution < 1.29 is 9.59 Å². The number of nitriles is 1. The molecule has 15 heavy (non-hydrogen) atoms. The highest BCUT2D eigenvalue weighted by Crippen LogP contribution is 2.04. The minimum Gasteiger partial charge on any atom is -0.359 e. The third-order valence-electron chi connectivity index (χ3n) is 1.98. The number of nitrogens with one attached hydrogen (secondary N) is 2. The van der Waals surface area contributed by atoms with Gasteiger partial charge >= 0.3 is 0 Å². The molecule has 0 rings (SSSR count). The van der Waals surface area contributed by atoms with Gasteiger partial charge in [-0.1, -0.05) is 13.3 Å². The second-order valence-corrected chi connectivity index (χ2v) is 3.18. The van der Waals surface area contributed by atoms with Crippen LogP contribution >= 0.6 is 0 Å². The number of nitrogens with zero attached hydrogens (tertiary/aromatic N) is 1. The molecule has 0 saturated heterocycles. The van der Waals surface area contributed by atoms with E-state index < -0.39 is 5.92 Å². The summed E-state index contributed by atoms with van der Waals surface area (Å²) in [4.78, 5) is 22.2. The maximum absolute atomic E-state index is 11.4. The van der Waals surface area contributed by atoms with Crippen molar-refractivity contribution in [3.05, 3.63) is 0 Å². The van der Waals surface area contributed by atoms with Crippen LogP contribution in [0.3, 0.4) is 0 Å². The van der Waals surface area contributed by atoms with Crippen molar-refractivity contribution in [3.63, 3.8) is 0 Å². The zero-order valence-corrected chi connectivity index (χ0v) is 9.17. The number of carbonyl (C=O) groups is 2. The summed E-state index contributed by atoms with van der Waals surface area (Å²) in [6.07, 6.45) is 1.59. The molecule has 0 fully saturated rings. The molecule has 2 N–H and O–H groups in total. The lowest BCUT2D eigenvalue weighted by Crippen LogP contribution is -2.33. The summed E-state index contributed by atoms with van der Waals surface area (Å²) in [5, 5.41) is 13.7. The molecule has 0 saturated carbocycles. The second kappa shape index (κ2) is 7.80. The quantitative estimate of drug-likeness (QED) is 0.657. The maximum atomic E-state index is 11.4. The van der Waals surface area contributed by atoms with E-state index in [2.05, 4.69) is 10.6 Å². The van der Waals surface area contributed by atoms with Crippen molar-refractivity contribution in [1.82, 2.24) is 10.6 Å². The van der Waals surface area contributed by atoms with Crippen LogP contribution in [-0.2, 0) is 9.59 Å². The van der Waals surface area contributed by atoms with E-state index in [1.807, 2.05) is 13.0 Å². The Bertz CT molecular complexity index is 258. The Morgan fingerprint density at radius 3 is 2.60 bits per heavy atom. The molecule has 5 heteroatoms. The molecule has 0 spiro atoms. The van der Waals surface area contributed by atoms with Gasteiger partial charge in [0.2, 0.25) is 11.8 Å². The first-order valence-corrected chi connectivity index (χ1v) is 5.03. The van der Waals surface area contributed by atoms with Crippen LogP contribution in [0.5, 0.6) is 0 Å². The number of hydrogen-bond donors (Lipinski definition) is 2. The van der Waals surface area contributed by atoms with E-state index in [9.17, 15) is 9.59 Å². The Morgan fingerprint density at radius 1 is 1.47 bits per heavy atom. The van der Waals surface area contributed by atoms with Gasteiger partial charge in [-0.05, 0) is 6.42 Å². The van der Waals surface area contributed by atoms with Gasteiger partial charge in [-0.2, -0.15) is 5.26 Å². The van der Waals surface area contributed by atoms with Crippen molar-refractivity contribution in [2.45, 2.75) is 26.2 Å². The lowest BCUT2D eigenvalue weighted by atomic mass is 10.1. The van der Waals surface area contributed by atoms with Crippen molar-refractivity contribution in [1.29, 1.82) is 5.26 Å². The van der Waals surface area contributed by atoms with Gasteiger partial charge in [0.25, 0.3) is 0 Å². The predicted octanol–water partition coefficient (Wildman–Crippen LogP) is 0.179. The van der Waals surface area contributed by atoms with Gasteiger partial charge in [-0.25, -0.2) is 0 Å². The monoisotopic (exact) mass is 211 g/mol. The number of rotatable bonds is 6. The van der Waals surface area contributed by atoms with Gasteiger partial charge < -0.3 is 10.6 Å². The molecule has 0 aromatic rings. The van der Waals surface area contributed by atoms with Crippen LogP contribution in [0.1, 0.15) is 26.2 Å². The number of carbonyl (C=O) groups excluding carboxylic acids is 2. The van der Waals surface area contributed by atoms with Crippen molar-refractivity contribution >= 4 is 11.8 Å². The molecule has 0 bridgehead atoms. The average molecular weight is 211 g/mol. The third kappa shape index (κ3) is 5.68. The summed E-state index contributed by atoms with van der Waals surface area (Å²) < 4.78 is 0. The minimum atomic E-state index is -0.598. The van der Waals surface area contributed by atoms with Crippen LogP contribution in [0.4, 0.5) is 0 Å². The summed E-state index contributed by atoms with van der Waals surface area (Å²) >= 11 is 0. The van der Waals surface area contributed by atoms with Gasteiger partial charge in [-0.15, -0.1) is 0 Å². The normalized spacial score (nSPS) is 11.3. The summed E-state index contributed by atoms with van der Waals surface area (Å²) in [6, 6.07) is 1.94. The van der Waals surface area contributed by atoms with Crippen molar-refractivity contribution in [2.75, 3.05) is 13.6 Å². The van der Waals surface area contributed by atoms with Gasteiger partial charge in [0, 0.05) is 20.0 Å². The molecule has 0 aliphatic carbocycles. The van der Waals surface area contributed by atoms with Crippen LogP contribution in [-0.4, -0.2) is 25.4 Å². The summed E-state index contributed by atoms with van der Waals surface area (Å²) in [5.41, 5.74) is 0. The molecular weight excluding hydrogens is 194 g/mol. The van der Waals surface area contributed by atoms with Gasteiger partial charge in [0.15, 0.2) is 0 Å². The van der Waals surface area contributed by atoms with E-state index in [0.717, 1.165) is 6.42 Å². The molecule has 0 aliphatic heterocycles. The molecule has 5 nitrogen and oxygen atoms in total. The lowest BCUT2D eigenvalue weighted by molar-refractivity contribution is -0.124. The molecule has 0 radical (unpaired) electrons. The van der Waals surface area contributed by atoms with E-state index in [0.29, 0.717) is 6.42 Å². The van der Waals surface area contributed by atoms with Crippen molar-refractivity contribution in [3.8, 4) is 6.07 Å². The van der Waals surface area contributed by atoms with Gasteiger partial charge in [0.05, 0.1) is 6.07 Å². The Morgan fingerprint density at radius 2 is 2.13 bits per heavy atom. The fraction of sp³-hybridized carbons (Fsp3) is 0.700. The molecule has 0 aliphatic rings. The van der Waals surface area contributed by atoms with Crippen LogP contribution in [0.25, 0.3) is 0 Å². The SMILES string of the molecule is CCCC(C#N)C(=O)NCCC(=O)NC. The Balaban J connectivity index is 3.82. The third-order valence-corrected chi connectivity index (χ3v) is 1.98. The van der Waals surface area contributed by atoms with Crippen LogP contribution in [0, 0.1) is 17.2 Å². The van der Waals surface area contributed by atoms with Crippen LogP contribution in [0.15, 0.2) is 0 Å². The smallest absolute Gasteiger partial charge is 0.237 e. The zero-order valence-electron chi connectivity index (χ0n) is 9.17. The topological polar surface area (TPSA) is 82.0 Å². The minimum absolute atomic E-state index is 0.126. The zero-order chi connectivity index (χ0) is 11.7. The largest absolute Gasteiger partial charge is 0.359 e. The molecule has 2 amide bonds. The van der Waals surface area contributed by atoms with Gasteiger partial charge in [0.1, 0.15) is 5.92 Å². The molecule has 0 aromatic heterocycles. The van der Waals surface area contributed by atoms with Crippen LogP contribution < -0.4 is 10.6 Å². The van der Waals surface area contributed by atoms with E-state index in [-0.39, 0.29) is 24.8 Å². The first-order chi connectivity index (χ1) is 7.15. The lowest BCUT2D eigenvalue weighted by Gasteiger charge is -2.08. The summed E-state index contributed by atoms with van der Waals surface area (Å²) in [7, 11) is 1.54. The average Bonchev–Trinajstić information content (AvgIpc) is 2.25. The fourth-order valence-electron chi connectivity index (χ4n) is 1.09. The summed E-state index contributed by atoms with van der Waals surface area (Å²) in [5.74, 6) is -1.01. The first-order valence-electron chi connectivity index (χ1n) is 5.03. The number of hydrogen-bond acceptors (Lipinski definition) is 3. The fourth-order valence-corrected chi connectivity index (χ4v) is 1.09. The van der Waals surface area contributed by atoms with E-state index in [4.69, 9.17) is 5.26 Å². The molecule has 1 unspecified atom stereocenters. The molecule has 1 atom stereocenters. The summed E-state index contributed by atoms with van der Waals surface area (Å²) in [6.45, 7) is 2.20. The Labute approximate surface area is 89.8 Å². The second-order valence-electron chi connectivity index (χ2n) is 3.18. The Kier molecular flexibility index (Phi) is 6.98. The van der Waals surface area contributed by atoms with E-state index in [1.54, 1.807) is 7.05 Å². The van der Waals surface area contributed by atoms with E-state index >= 15 is 0 Å². The van der Waals surface area contributed by atoms with Gasteiger partial charge in [-0.3, -0.25) is 9.59 Å². The maximum Gasteiger partial charge on any atom is 0.237 e. The highest BCUT2D eigenvalue weighted by Gasteiger charge is 2.15. The molecule has 84 valence electrons. The van der Waals surface area contributed by atoms with Crippen LogP contribution in [0.2, 0.25) is 0 Å². The molecule has 0 heterocycles. The molecule has 0 aromatic carbocycles. The molecular formula is C10H17N3O2. The number of amides is 2. The highest BCUT2D eigenvalue weighted by atomic mass is 16.2. The standard InChI is InChI=1S/C10H17N3O2/c1-3-4-8(7-11)10(15)13-6-5-9(14)12-2/h8H,3-6H2,1-2H3,(H,12,14)(H,13,15). The Hall–Kier alpha value is -1.57. The van der Waals surface area contributed by atoms with E-state index in [1.165, 1.54) is 0 Å². The highest BCUT2D eigenvalue weighted by molar-refractivity contribution is 5.82. The van der Waals surface area contributed by atoms with Crippen molar-refractivity contribution in [2.24, 2.45) is 5.92 Å². The first kappa shape index (κ1) is 13.4. The predicted molar refractivity (Wildman–Crippen MR) is 55.7 cm³/mol.